The molecular formula is C23H26Cl2N2O10. The maximum Gasteiger partial charge on any atom is 0.332 e. The first-order valence-electron chi connectivity index (χ1n) is 11.1. The van der Waals surface area contributed by atoms with E-state index in [1.807, 2.05) is 0 Å². The molecule has 0 saturated heterocycles. The third-order valence-electron chi connectivity index (χ3n) is 6.16. The van der Waals surface area contributed by atoms with Gasteiger partial charge in [0.05, 0.1) is 28.6 Å². The van der Waals surface area contributed by atoms with E-state index in [1.165, 1.54) is 6.92 Å². The molecule has 0 radical (unpaired) electrons. The lowest BCUT2D eigenvalue weighted by Crippen LogP contribution is -2.64. The number of carbonyl (C=O) groups is 5. The molecular weight excluding hydrogens is 535 g/mol. The second-order valence-electron chi connectivity index (χ2n) is 8.67. The molecule has 1 aromatic rings. The van der Waals surface area contributed by atoms with E-state index in [1.54, 1.807) is 18.2 Å². The maximum atomic E-state index is 13.2. The van der Waals surface area contributed by atoms with Gasteiger partial charge in [0, 0.05) is 32.6 Å². The van der Waals surface area contributed by atoms with Gasteiger partial charge in [0.25, 0.3) is 0 Å². The van der Waals surface area contributed by atoms with Gasteiger partial charge in [-0.3, -0.25) is 19.2 Å². The van der Waals surface area contributed by atoms with Crippen LogP contribution in [-0.4, -0.2) is 61.1 Å². The van der Waals surface area contributed by atoms with Gasteiger partial charge in [-0.25, -0.2) is 4.79 Å². The lowest BCUT2D eigenvalue weighted by molar-refractivity contribution is -0.176. The zero-order valence-electron chi connectivity index (χ0n) is 20.2. The number of hydrogen-bond donors (Lipinski definition) is 2. The molecule has 3 N–H and O–H groups in total. The van der Waals surface area contributed by atoms with E-state index in [9.17, 15) is 24.0 Å². The van der Waals surface area contributed by atoms with Crippen molar-refractivity contribution in [1.29, 1.82) is 0 Å². The minimum atomic E-state index is -1.95. The average Bonchev–Trinajstić information content (AvgIpc) is 3.50. The third-order valence-corrected chi connectivity index (χ3v) is 6.90. The lowest BCUT2D eigenvalue weighted by atomic mass is 9.86. The Morgan fingerprint density at radius 2 is 1.57 bits per heavy atom. The first kappa shape index (κ1) is 28.6. The molecule has 37 heavy (non-hydrogen) atoms. The number of nitrogens with one attached hydrogen (secondary N) is 1. The van der Waals surface area contributed by atoms with Crippen LogP contribution in [0.25, 0.3) is 0 Å². The summed E-state index contributed by atoms with van der Waals surface area (Å²) in [6, 6.07) is 3.91. The molecule has 0 unspecified atom stereocenters. The normalized spacial score (nSPS) is 27.5. The molecule has 0 bridgehead atoms. The van der Waals surface area contributed by atoms with Crippen molar-refractivity contribution in [2.75, 3.05) is 13.6 Å². The molecule has 202 valence electrons. The monoisotopic (exact) mass is 560 g/mol. The molecule has 12 nitrogen and oxygen atoms in total. The summed E-state index contributed by atoms with van der Waals surface area (Å²) in [7, 11) is 0. The van der Waals surface area contributed by atoms with E-state index in [4.69, 9.17) is 43.1 Å². The molecule has 0 heterocycles. The number of carbonyl (C=O) groups excluding carboxylic acids is 5. The van der Waals surface area contributed by atoms with Crippen molar-refractivity contribution in [1.82, 2.24) is 5.32 Å². The van der Waals surface area contributed by atoms with Crippen molar-refractivity contribution < 1.29 is 47.7 Å². The molecule has 0 aromatic heterocycles. The van der Waals surface area contributed by atoms with Crippen LogP contribution in [0.1, 0.15) is 26.3 Å². The summed E-state index contributed by atoms with van der Waals surface area (Å²) in [6.45, 7) is 2.12. The quantitative estimate of drug-likeness (QED) is 0.310. The molecule has 0 spiro atoms. The van der Waals surface area contributed by atoms with E-state index in [0.717, 1.165) is 13.8 Å². The molecule has 14 heteroatoms. The summed E-state index contributed by atoms with van der Waals surface area (Å²) in [4.78, 5) is 60.1. The fourth-order valence-electron chi connectivity index (χ4n) is 4.66. The first-order chi connectivity index (χ1) is 17.4. The number of nitrogens with two attached hydrogens (primary N) is 1. The molecule has 2 aliphatic carbocycles. The fraction of sp³-hybridized carbons (Fsp3) is 0.522. The van der Waals surface area contributed by atoms with Gasteiger partial charge in [0.1, 0.15) is 11.6 Å². The highest BCUT2D eigenvalue weighted by Gasteiger charge is 2.79. The van der Waals surface area contributed by atoms with Gasteiger partial charge in [-0.1, -0.05) is 29.3 Å². The van der Waals surface area contributed by atoms with Gasteiger partial charge >= 0.3 is 23.9 Å². The van der Waals surface area contributed by atoms with E-state index < -0.39 is 78.8 Å². The standard InChI is InChI=1S/C23H26Cl2N2O10/c1-10(28)27-19-16-17(21(31)36-8-34-11(2)29)18(16)23(26,22(32)37-9-35-12(3)30)20(19)33-7-13-4-5-14(24)15(25)6-13/h4-6,16-20H,7-9,26H2,1-3H3,(H,27,28)/t16-,17-,18-,19-,20+,23+/m0/s1. The number of halogens is 2. The SMILES string of the molecule is CC(=O)N[C@H]1[C@H]2[C@H](C(=O)OCOC(C)=O)[C@H]2[C@](N)(C(=O)OCOC(C)=O)[C@@H]1OCc1ccc(Cl)c(Cl)c1. The van der Waals surface area contributed by atoms with Gasteiger partial charge in [-0.05, 0) is 17.7 Å². The van der Waals surface area contributed by atoms with Crippen molar-refractivity contribution in [3.63, 3.8) is 0 Å². The molecule has 1 amide bonds. The third kappa shape index (κ3) is 6.32. The molecule has 2 fully saturated rings. The second kappa shape index (κ2) is 11.6. The van der Waals surface area contributed by atoms with E-state index in [0.29, 0.717) is 10.6 Å². The summed E-state index contributed by atoms with van der Waals surface area (Å²) in [5.41, 5.74) is 5.26. The van der Waals surface area contributed by atoms with Crippen LogP contribution in [-0.2, 0) is 54.3 Å². The van der Waals surface area contributed by atoms with Crippen molar-refractivity contribution in [3.05, 3.63) is 33.8 Å². The van der Waals surface area contributed by atoms with Crippen LogP contribution in [0.15, 0.2) is 18.2 Å². The summed E-state index contributed by atoms with van der Waals surface area (Å²) < 4.78 is 25.4. The number of ether oxygens (including phenoxy) is 5. The van der Waals surface area contributed by atoms with Gasteiger partial charge in [-0.15, -0.1) is 0 Å². The summed E-state index contributed by atoms with van der Waals surface area (Å²) >= 11 is 12.0. The Morgan fingerprint density at radius 1 is 0.946 bits per heavy atom. The smallest absolute Gasteiger partial charge is 0.332 e. The highest BCUT2D eigenvalue weighted by atomic mass is 35.5. The zero-order chi connectivity index (χ0) is 27.5. The van der Waals surface area contributed by atoms with Gasteiger partial charge < -0.3 is 34.7 Å². The minimum Gasteiger partial charge on any atom is -0.428 e. The zero-order valence-corrected chi connectivity index (χ0v) is 21.7. The second-order valence-corrected chi connectivity index (χ2v) is 9.49. The Balaban J connectivity index is 1.87. The molecule has 2 saturated carbocycles. The maximum absolute atomic E-state index is 13.2. The number of hydrogen-bond acceptors (Lipinski definition) is 11. The van der Waals surface area contributed by atoms with E-state index in [-0.39, 0.29) is 11.6 Å². The molecule has 6 atom stereocenters. The molecule has 2 aliphatic rings. The van der Waals surface area contributed by atoms with E-state index >= 15 is 0 Å². The van der Waals surface area contributed by atoms with Gasteiger partial charge in [0.15, 0.2) is 0 Å². The number of rotatable bonds is 10. The largest absolute Gasteiger partial charge is 0.428 e. The van der Waals surface area contributed by atoms with Crippen molar-refractivity contribution in [2.24, 2.45) is 23.5 Å². The van der Waals surface area contributed by atoms with Crippen LogP contribution in [0.3, 0.4) is 0 Å². The Hall–Kier alpha value is -2.93. The average molecular weight is 561 g/mol. The summed E-state index contributed by atoms with van der Waals surface area (Å²) in [5.74, 6) is -6.03. The predicted octanol–water partition coefficient (Wildman–Crippen LogP) is 1.08. The Labute approximate surface area is 221 Å². The van der Waals surface area contributed by atoms with Gasteiger partial charge in [0.2, 0.25) is 19.5 Å². The predicted molar refractivity (Wildman–Crippen MR) is 125 cm³/mol. The Kier molecular flexibility index (Phi) is 9.00. The molecule has 1 aromatic carbocycles. The Morgan fingerprint density at radius 3 is 2.14 bits per heavy atom. The van der Waals surface area contributed by atoms with Crippen LogP contribution in [0.2, 0.25) is 10.0 Å². The van der Waals surface area contributed by atoms with Crippen LogP contribution in [0.4, 0.5) is 0 Å². The van der Waals surface area contributed by atoms with Crippen molar-refractivity contribution >= 4 is 53.0 Å². The van der Waals surface area contributed by atoms with Gasteiger partial charge in [-0.2, -0.15) is 0 Å². The van der Waals surface area contributed by atoms with Crippen molar-refractivity contribution in [3.8, 4) is 0 Å². The highest BCUT2D eigenvalue weighted by molar-refractivity contribution is 6.42. The Bertz CT molecular complexity index is 1100. The topological polar surface area (TPSA) is 170 Å². The number of benzene rings is 1. The van der Waals surface area contributed by atoms with Crippen LogP contribution < -0.4 is 11.1 Å². The summed E-state index contributed by atoms with van der Waals surface area (Å²) in [5, 5.41) is 3.32. The summed E-state index contributed by atoms with van der Waals surface area (Å²) in [6.07, 6.45) is -1.15. The highest BCUT2D eigenvalue weighted by Crippen LogP contribution is 2.63. The number of esters is 4. The first-order valence-corrected chi connectivity index (χ1v) is 11.9. The molecule has 0 aliphatic heterocycles. The van der Waals surface area contributed by atoms with Crippen LogP contribution in [0, 0.1) is 17.8 Å². The number of fused-ring (bicyclic) bond motifs is 1. The van der Waals surface area contributed by atoms with Crippen LogP contribution in [0.5, 0.6) is 0 Å². The fourth-order valence-corrected chi connectivity index (χ4v) is 4.98. The van der Waals surface area contributed by atoms with Crippen LogP contribution >= 0.6 is 23.2 Å². The van der Waals surface area contributed by atoms with Crippen molar-refractivity contribution in [2.45, 2.75) is 45.1 Å². The minimum absolute atomic E-state index is 0.0746. The number of amides is 1. The van der Waals surface area contributed by atoms with E-state index in [2.05, 4.69) is 14.8 Å². The lowest BCUT2D eigenvalue weighted by Gasteiger charge is -2.36. The molecule has 3 rings (SSSR count).